The molecule has 7 heteroatoms. The molecule has 0 aliphatic rings. The number of fused-ring (bicyclic) bond motifs is 1. The molecule has 3 aromatic heterocycles. The first-order chi connectivity index (χ1) is 12.2. The molecule has 0 aliphatic heterocycles. The maximum Gasteiger partial charge on any atom is 0.274 e. The van der Waals surface area contributed by atoms with Gasteiger partial charge < -0.3 is 9.84 Å². The van der Waals surface area contributed by atoms with Crippen molar-refractivity contribution in [2.45, 2.75) is 13.0 Å². The molecule has 0 aliphatic carbocycles. The highest BCUT2D eigenvalue weighted by Crippen LogP contribution is 2.20. The maximum atomic E-state index is 12.4. The zero-order chi connectivity index (χ0) is 17.2. The molecule has 1 aromatic carbocycles. The van der Waals surface area contributed by atoms with Crippen LogP contribution in [0.3, 0.4) is 0 Å². The molecule has 0 spiro atoms. The van der Waals surface area contributed by atoms with Gasteiger partial charge in [0, 0.05) is 17.8 Å². The molecule has 0 bridgehead atoms. The minimum atomic E-state index is -0.332. The van der Waals surface area contributed by atoms with Crippen molar-refractivity contribution in [3.05, 3.63) is 72.3 Å². The normalized spacial score (nSPS) is 12.2. The van der Waals surface area contributed by atoms with Gasteiger partial charge in [-0.05, 0) is 19.1 Å². The van der Waals surface area contributed by atoms with Crippen molar-refractivity contribution in [1.29, 1.82) is 0 Å². The maximum absolute atomic E-state index is 12.4. The van der Waals surface area contributed by atoms with Crippen LogP contribution in [0.1, 0.15) is 29.3 Å². The molecule has 1 N–H and O–H groups in total. The van der Waals surface area contributed by atoms with Crippen molar-refractivity contribution in [1.82, 2.24) is 25.1 Å². The number of nitrogens with zero attached hydrogens (tertiary/aromatic N) is 4. The van der Waals surface area contributed by atoms with Gasteiger partial charge in [-0.25, -0.2) is 0 Å². The van der Waals surface area contributed by atoms with Gasteiger partial charge >= 0.3 is 0 Å². The lowest BCUT2D eigenvalue weighted by Gasteiger charge is -2.10. The number of nitrogens with one attached hydrogen (secondary N) is 1. The van der Waals surface area contributed by atoms with Gasteiger partial charge in [0.05, 0.1) is 6.04 Å². The Kier molecular flexibility index (Phi) is 3.74. The van der Waals surface area contributed by atoms with Crippen LogP contribution in [0.5, 0.6) is 0 Å². The monoisotopic (exact) mass is 333 g/mol. The van der Waals surface area contributed by atoms with Crippen molar-refractivity contribution in [3.8, 4) is 11.3 Å². The summed E-state index contributed by atoms with van der Waals surface area (Å²) in [7, 11) is 0. The fourth-order valence-corrected chi connectivity index (χ4v) is 2.61. The second-order valence-electron chi connectivity index (χ2n) is 5.62. The number of benzene rings is 1. The van der Waals surface area contributed by atoms with Crippen LogP contribution in [0.15, 0.2) is 65.3 Å². The predicted molar refractivity (Wildman–Crippen MR) is 90.8 cm³/mol. The third kappa shape index (κ3) is 2.87. The number of rotatable bonds is 4. The first kappa shape index (κ1) is 15.1. The lowest BCUT2D eigenvalue weighted by Crippen LogP contribution is -2.28. The molecule has 1 amide bonds. The molecule has 0 fully saturated rings. The van der Waals surface area contributed by atoms with E-state index in [4.69, 9.17) is 4.52 Å². The quantitative estimate of drug-likeness (QED) is 0.621. The van der Waals surface area contributed by atoms with Gasteiger partial charge in [0.25, 0.3) is 5.91 Å². The average Bonchev–Trinajstić information content (AvgIpc) is 3.30. The largest absolute Gasteiger partial charge is 0.355 e. The van der Waals surface area contributed by atoms with Crippen LogP contribution in [0, 0.1) is 0 Å². The number of amides is 1. The zero-order valence-electron chi connectivity index (χ0n) is 13.5. The molecule has 0 saturated carbocycles. The van der Waals surface area contributed by atoms with Crippen LogP contribution in [0.2, 0.25) is 0 Å². The number of hydrogen-bond acceptors (Lipinski definition) is 5. The van der Waals surface area contributed by atoms with Gasteiger partial charge in [0.15, 0.2) is 22.9 Å². The van der Waals surface area contributed by atoms with Crippen molar-refractivity contribution >= 4 is 11.6 Å². The lowest BCUT2D eigenvalue weighted by atomic mass is 10.1. The minimum absolute atomic E-state index is 0.222. The Morgan fingerprint density at radius 2 is 1.92 bits per heavy atom. The molecule has 124 valence electrons. The summed E-state index contributed by atoms with van der Waals surface area (Å²) in [5.41, 5.74) is 1.82. The molecule has 0 radical (unpaired) electrons. The van der Waals surface area contributed by atoms with Crippen LogP contribution in [0.25, 0.3) is 17.0 Å². The topological polar surface area (TPSA) is 85.3 Å². The van der Waals surface area contributed by atoms with E-state index in [1.807, 2.05) is 66.1 Å². The number of carbonyl (C=O) groups is 1. The predicted octanol–water partition coefficient (Wildman–Crippen LogP) is 2.88. The fraction of sp³-hybridized carbons (Fsp3) is 0.111. The van der Waals surface area contributed by atoms with E-state index in [1.54, 1.807) is 6.07 Å². The summed E-state index contributed by atoms with van der Waals surface area (Å²) in [6.07, 6.45) is 1.86. The van der Waals surface area contributed by atoms with E-state index in [1.165, 1.54) is 0 Å². The highest BCUT2D eigenvalue weighted by molar-refractivity contribution is 5.93. The summed E-state index contributed by atoms with van der Waals surface area (Å²) in [6, 6.07) is 16.4. The summed E-state index contributed by atoms with van der Waals surface area (Å²) in [5, 5.41) is 15.0. The average molecular weight is 333 g/mol. The minimum Gasteiger partial charge on any atom is -0.355 e. The Balaban J connectivity index is 1.53. The third-order valence-corrected chi connectivity index (χ3v) is 3.88. The van der Waals surface area contributed by atoms with E-state index in [-0.39, 0.29) is 17.6 Å². The molecule has 1 atom stereocenters. The summed E-state index contributed by atoms with van der Waals surface area (Å²) < 4.78 is 7.11. The van der Waals surface area contributed by atoms with Crippen LogP contribution in [-0.4, -0.2) is 25.7 Å². The molecule has 4 aromatic rings. The SMILES string of the molecule is C[C@@H](NC(=O)c1cc(-c2ccccc2)on1)c1nnc2ccccn12. The van der Waals surface area contributed by atoms with E-state index >= 15 is 0 Å². The Labute approximate surface area is 143 Å². The van der Waals surface area contributed by atoms with Crippen LogP contribution >= 0.6 is 0 Å². The molecule has 4 rings (SSSR count). The van der Waals surface area contributed by atoms with Crippen molar-refractivity contribution in [3.63, 3.8) is 0 Å². The Hall–Kier alpha value is -3.48. The van der Waals surface area contributed by atoms with Crippen LogP contribution in [0.4, 0.5) is 0 Å². The number of carbonyl (C=O) groups excluding carboxylic acids is 1. The van der Waals surface area contributed by atoms with E-state index in [0.717, 1.165) is 11.2 Å². The molecule has 3 heterocycles. The Morgan fingerprint density at radius 1 is 1.12 bits per heavy atom. The number of hydrogen-bond donors (Lipinski definition) is 1. The fourth-order valence-electron chi connectivity index (χ4n) is 2.61. The van der Waals surface area contributed by atoms with E-state index in [0.29, 0.717) is 11.6 Å². The molecule has 25 heavy (non-hydrogen) atoms. The second-order valence-corrected chi connectivity index (χ2v) is 5.62. The van der Waals surface area contributed by atoms with Gasteiger partial charge in [0.1, 0.15) is 0 Å². The Bertz CT molecular complexity index is 1020. The van der Waals surface area contributed by atoms with Gasteiger partial charge in [-0.2, -0.15) is 0 Å². The first-order valence-electron chi connectivity index (χ1n) is 7.85. The van der Waals surface area contributed by atoms with Crippen molar-refractivity contribution in [2.24, 2.45) is 0 Å². The molecule has 7 nitrogen and oxygen atoms in total. The highest BCUT2D eigenvalue weighted by atomic mass is 16.5. The van der Waals surface area contributed by atoms with Gasteiger partial charge in [-0.1, -0.05) is 41.6 Å². The number of aromatic nitrogens is 4. The third-order valence-electron chi connectivity index (χ3n) is 3.88. The molecule has 0 saturated heterocycles. The summed E-state index contributed by atoms with van der Waals surface area (Å²) in [5.74, 6) is 0.869. The van der Waals surface area contributed by atoms with Gasteiger partial charge in [-0.15, -0.1) is 10.2 Å². The summed E-state index contributed by atoms with van der Waals surface area (Å²) in [6.45, 7) is 1.85. The van der Waals surface area contributed by atoms with Crippen LogP contribution in [-0.2, 0) is 0 Å². The zero-order valence-corrected chi connectivity index (χ0v) is 13.5. The van der Waals surface area contributed by atoms with Crippen LogP contribution < -0.4 is 5.32 Å². The number of pyridine rings is 1. The smallest absolute Gasteiger partial charge is 0.274 e. The highest BCUT2D eigenvalue weighted by Gasteiger charge is 2.19. The van der Waals surface area contributed by atoms with Gasteiger partial charge in [-0.3, -0.25) is 9.20 Å². The lowest BCUT2D eigenvalue weighted by molar-refractivity contribution is 0.0929. The van der Waals surface area contributed by atoms with E-state index in [9.17, 15) is 4.79 Å². The standard InChI is InChI=1S/C18H15N5O2/c1-12(17-21-20-16-9-5-6-10-23(16)17)19-18(24)14-11-15(25-22-14)13-7-3-2-4-8-13/h2-12H,1H3,(H,19,24)/t12-/m1/s1. The summed E-state index contributed by atoms with van der Waals surface area (Å²) >= 11 is 0. The van der Waals surface area contributed by atoms with E-state index in [2.05, 4.69) is 20.7 Å². The van der Waals surface area contributed by atoms with Gasteiger partial charge in [0.2, 0.25) is 0 Å². The first-order valence-corrected chi connectivity index (χ1v) is 7.85. The molecular weight excluding hydrogens is 318 g/mol. The summed E-state index contributed by atoms with van der Waals surface area (Å²) in [4.78, 5) is 12.4. The van der Waals surface area contributed by atoms with E-state index < -0.39 is 0 Å². The Morgan fingerprint density at radius 3 is 2.76 bits per heavy atom. The molecule has 0 unspecified atom stereocenters. The van der Waals surface area contributed by atoms with Crippen molar-refractivity contribution < 1.29 is 9.32 Å². The second kappa shape index (κ2) is 6.20. The molecular formula is C18H15N5O2. The van der Waals surface area contributed by atoms with Crippen molar-refractivity contribution in [2.75, 3.05) is 0 Å².